The third kappa shape index (κ3) is 4.22. The molecule has 8 nitrogen and oxygen atoms in total. The van der Waals surface area contributed by atoms with Crippen LogP contribution in [0.1, 0.15) is 43.1 Å². The zero-order valence-corrected chi connectivity index (χ0v) is 17.4. The van der Waals surface area contributed by atoms with Gasteiger partial charge in [-0.3, -0.25) is 9.59 Å². The Kier molecular flexibility index (Phi) is 5.69. The molecule has 0 radical (unpaired) electrons. The van der Waals surface area contributed by atoms with E-state index in [-0.39, 0.29) is 30.2 Å². The van der Waals surface area contributed by atoms with Crippen molar-refractivity contribution in [1.29, 1.82) is 0 Å². The Hall–Kier alpha value is -3.55. The number of amides is 4. The van der Waals surface area contributed by atoms with Crippen LogP contribution in [0.25, 0.3) is 0 Å². The first kappa shape index (κ1) is 21.2. The summed E-state index contributed by atoms with van der Waals surface area (Å²) in [5, 5.41) is 14.8. The number of benzene rings is 2. The van der Waals surface area contributed by atoms with E-state index in [0.717, 1.165) is 4.90 Å². The molecule has 1 saturated heterocycles. The lowest BCUT2D eigenvalue weighted by Crippen LogP contribution is -2.50. The van der Waals surface area contributed by atoms with Crippen LogP contribution in [0.15, 0.2) is 36.4 Å². The maximum Gasteiger partial charge on any atom is 0.328 e. The number of carbonyl (C=O) groups excluding carboxylic acids is 3. The van der Waals surface area contributed by atoms with E-state index in [1.165, 1.54) is 25.3 Å². The number of carbonyl (C=O) groups is 3. The molecule has 1 aliphatic heterocycles. The first-order chi connectivity index (χ1) is 14.1. The van der Waals surface area contributed by atoms with Gasteiger partial charge in [-0.15, -0.1) is 0 Å². The molecule has 3 N–H and O–H groups in total. The minimum atomic E-state index is -0.527. The minimum Gasteiger partial charge on any atom is -0.508 e. The van der Waals surface area contributed by atoms with Gasteiger partial charge in [0.25, 0.3) is 5.91 Å². The van der Waals surface area contributed by atoms with Gasteiger partial charge >= 0.3 is 6.03 Å². The van der Waals surface area contributed by atoms with Gasteiger partial charge < -0.3 is 20.5 Å². The Balaban J connectivity index is 2.12. The lowest BCUT2D eigenvalue weighted by molar-refractivity contribution is -0.118. The zero-order chi connectivity index (χ0) is 22.1. The highest BCUT2D eigenvalue weighted by Crippen LogP contribution is 2.38. The molecule has 4 amide bonds. The van der Waals surface area contributed by atoms with E-state index in [9.17, 15) is 19.5 Å². The molecule has 0 saturated carbocycles. The summed E-state index contributed by atoms with van der Waals surface area (Å²) in [5.41, 5.74) is 1.24. The smallest absolute Gasteiger partial charge is 0.328 e. The topological polar surface area (TPSA) is 108 Å². The maximum atomic E-state index is 13.1. The number of ether oxygens (including phenoxy) is 1. The number of imide groups is 1. The van der Waals surface area contributed by atoms with Gasteiger partial charge in [-0.1, -0.05) is 20.8 Å². The van der Waals surface area contributed by atoms with Gasteiger partial charge in [0.15, 0.2) is 0 Å². The third-order valence-corrected chi connectivity index (χ3v) is 4.78. The number of aromatic hydroxyl groups is 1. The molecule has 1 heterocycles. The van der Waals surface area contributed by atoms with Crippen LogP contribution in [-0.2, 0) is 10.2 Å². The lowest BCUT2D eigenvalue weighted by atomic mass is 9.84. The molecule has 0 atom stereocenters. The van der Waals surface area contributed by atoms with Crippen LogP contribution in [0, 0.1) is 0 Å². The second-order valence-electron chi connectivity index (χ2n) is 8.04. The fourth-order valence-corrected chi connectivity index (χ4v) is 3.27. The van der Waals surface area contributed by atoms with Crippen LogP contribution in [0.2, 0.25) is 0 Å². The molecule has 158 valence electrons. The van der Waals surface area contributed by atoms with Crippen molar-refractivity contribution in [3.05, 3.63) is 47.5 Å². The van der Waals surface area contributed by atoms with E-state index in [1.807, 2.05) is 20.8 Å². The molecule has 0 spiro atoms. The van der Waals surface area contributed by atoms with E-state index in [1.54, 1.807) is 18.2 Å². The molecule has 1 fully saturated rings. The van der Waals surface area contributed by atoms with Crippen molar-refractivity contribution in [3.8, 4) is 11.5 Å². The van der Waals surface area contributed by atoms with Crippen molar-refractivity contribution in [1.82, 2.24) is 5.32 Å². The molecule has 0 aliphatic carbocycles. The summed E-state index contributed by atoms with van der Waals surface area (Å²) >= 11 is 0. The molecule has 8 heteroatoms. The molecule has 0 bridgehead atoms. The highest BCUT2D eigenvalue weighted by molar-refractivity contribution is 6.17. The van der Waals surface area contributed by atoms with E-state index in [2.05, 4.69) is 10.6 Å². The maximum absolute atomic E-state index is 13.1. The van der Waals surface area contributed by atoms with Gasteiger partial charge in [-0.2, -0.15) is 0 Å². The fourth-order valence-electron chi connectivity index (χ4n) is 3.27. The van der Waals surface area contributed by atoms with Gasteiger partial charge in [0.05, 0.1) is 18.4 Å². The summed E-state index contributed by atoms with van der Waals surface area (Å²) in [6.07, 6.45) is 0.178. The number of hydrogen-bond donors (Lipinski definition) is 3. The summed E-state index contributed by atoms with van der Waals surface area (Å²) < 4.78 is 5.57. The van der Waals surface area contributed by atoms with Crippen molar-refractivity contribution < 1.29 is 24.2 Å². The third-order valence-electron chi connectivity index (χ3n) is 4.78. The average molecular weight is 411 g/mol. The predicted octanol–water partition coefficient (Wildman–Crippen LogP) is 3.40. The van der Waals surface area contributed by atoms with E-state index >= 15 is 0 Å². The van der Waals surface area contributed by atoms with Crippen molar-refractivity contribution >= 4 is 29.2 Å². The number of phenols is 1. The Bertz CT molecular complexity index is 977. The summed E-state index contributed by atoms with van der Waals surface area (Å²) in [6, 6.07) is 8.71. The van der Waals surface area contributed by atoms with Crippen molar-refractivity contribution in [2.45, 2.75) is 32.6 Å². The first-order valence-electron chi connectivity index (χ1n) is 9.55. The molecule has 3 rings (SSSR count). The number of nitrogens with one attached hydrogen (secondary N) is 2. The fraction of sp³-hybridized carbons (Fsp3) is 0.318. The van der Waals surface area contributed by atoms with Gasteiger partial charge in [0.1, 0.15) is 11.5 Å². The van der Waals surface area contributed by atoms with Gasteiger partial charge in [-0.25, -0.2) is 9.69 Å². The Morgan fingerprint density at radius 1 is 1.17 bits per heavy atom. The van der Waals surface area contributed by atoms with Crippen LogP contribution in [-0.4, -0.2) is 36.6 Å². The largest absolute Gasteiger partial charge is 0.508 e. The molecule has 2 aromatic carbocycles. The molecule has 30 heavy (non-hydrogen) atoms. The molecular weight excluding hydrogens is 386 g/mol. The van der Waals surface area contributed by atoms with E-state index < -0.39 is 17.4 Å². The Morgan fingerprint density at radius 3 is 2.40 bits per heavy atom. The van der Waals surface area contributed by atoms with E-state index in [4.69, 9.17) is 4.74 Å². The normalized spacial score (nSPS) is 14.3. The van der Waals surface area contributed by atoms with Crippen LogP contribution in [0.3, 0.4) is 0 Å². The molecule has 2 aromatic rings. The van der Waals surface area contributed by atoms with Crippen molar-refractivity contribution in [3.63, 3.8) is 0 Å². The monoisotopic (exact) mass is 411 g/mol. The van der Waals surface area contributed by atoms with E-state index in [0.29, 0.717) is 22.7 Å². The van der Waals surface area contributed by atoms with Gasteiger partial charge in [-0.05, 0) is 41.8 Å². The van der Waals surface area contributed by atoms with Crippen LogP contribution in [0.5, 0.6) is 11.5 Å². The number of hydrogen-bond acceptors (Lipinski definition) is 5. The molecule has 1 aliphatic rings. The van der Waals surface area contributed by atoms with Gasteiger partial charge in [0, 0.05) is 24.2 Å². The molecule has 0 unspecified atom stereocenters. The highest BCUT2D eigenvalue weighted by atomic mass is 16.5. The van der Waals surface area contributed by atoms with Crippen LogP contribution >= 0.6 is 0 Å². The highest BCUT2D eigenvalue weighted by Gasteiger charge is 2.32. The quantitative estimate of drug-likeness (QED) is 0.669. The number of anilines is 2. The zero-order valence-electron chi connectivity index (χ0n) is 17.4. The molecule has 0 aromatic heterocycles. The Labute approximate surface area is 174 Å². The number of nitrogens with zero attached hydrogens (tertiary/aromatic N) is 1. The second kappa shape index (κ2) is 8.06. The summed E-state index contributed by atoms with van der Waals surface area (Å²) in [7, 11) is 1.47. The SMILES string of the molecule is COc1c(C(=O)Nc2ccc(O)cc2)cc(N2C(=O)CCNC2=O)cc1C(C)(C)C. The standard InChI is InChI=1S/C22H25N3O5/c1-22(2,3)17-12-14(25-18(27)9-10-23-21(25)29)11-16(19(17)30-4)20(28)24-13-5-7-15(26)8-6-13/h5-8,11-12,26H,9-10H2,1-4H3,(H,23,29)(H,24,28). The predicted molar refractivity (Wildman–Crippen MR) is 113 cm³/mol. The minimum absolute atomic E-state index is 0.0808. The summed E-state index contributed by atoms with van der Waals surface area (Å²) in [6.45, 7) is 6.14. The number of rotatable bonds is 4. The Morgan fingerprint density at radius 2 is 1.83 bits per heavy atom. The van der Waals surface area contributed by atoms with Crippen LogP contribution < -0.4 is 20.3 Å². The first-order valence-corrected chi connectivity index (χ1v) is 9.55. The summed E-state index contributed by atoms with van der Waals surface area (Å²) in [4.78, 5) is 38.9. The number of urea groups is 1. The number of methoxy groups -OCH3 is 1. The van der Waals surface area contributed by atoms with Gasteiger partial charge in [0.2, 0.25) is 5.91 Å². The van der Waals surface area contributed by atoms with Crippen LogP contribution in [0.4, 0.5) is 16.2 Å². The second-order valence-corrected chi connectivity index (χ2v) is 8.04. The summed E-state index contributed by atoms with van der Waals surface area (Å²) in [5.74, 6) is -0.354. The average Bonchev–Trinajstić information content (AvgIpc) is 2.68. The lowest BCUT2D eigenvalue weighted by Gasteiger charge is -2.30. The van der Waals surface area contributed by atoms with Crippen molar-refractivity contribution in [2.75, 3.05) is 23.9 Å². The van der Waals surface area contributed by atoms with Crippen molar-refractivity contribution in [2.24, 2.45) is 0 Å². The number of phenolic OH excluding ortho intramolecular Hbond substituents is 1. The molecular formula is C22H25N3O5.